The Balaban J connectivity index is 2.59. The van der Waals surface area contributed by atoms with Gasteiger partial charge in [-0.05, 0) is 45.0 Å². The van der Waals surface area contributed by atoms with Crippen molar-refractivity contribution in [2.24, 2.45) is 0 Å². The smallest absolute Gasteiger partial charge is 0.128 e. The topological polar surface area (TPSA) is 37.4 Å². The summed E-state index contributed by atoms with van der Waals surface area (Å²) in [7, 11) is 2.05. The third-order valence-corrected chi connectivity index (χ3v) is 3.05. The van der Waals surface area contributed by atoms with Gasteiger partial charge in [0.1, 0.15) is 5.82 Å². The number of anilines is 1. The molecule has 0 aliphatic heterocycles. The molecule has 0 bridgehead atoms. The van der Waals surface area contributed by atoms with Crippen molar-refractivity contribution in [2.75, 3.05) is 31.6 Å². The molecule has 1 aromatic heterocycles. The zero-order valence-corrected chi connectivity index (χ0v) is 12.8. The minimum atomic E-state index is 0.279. The zero-order chi connectivity index (χ0) is 14.3. The molecule has 0 aliphatic rings. The lowest BCUT2D eigenvalue weighted by Crippen LogP contribution is -2.25. The van der Waals surface area contributed by atoms with Crippen LogP contribution in [0.2, 0.25) is 0 Å². The Kier molecular flexibility index (Phi) is 6.81. The van der Waals surface area contributed by atoms with Crippen LogP contribution in [0.15, 0.2) is 18.3 Å². The minimum absolute atomic E-state index is 0.279. The second-order valence-corrected chi connectivity index (χ2v) is 5.07. The largest absolute Gasteiger partial charge is 0.377 e. The summed E-state index contributed by atoms with van der Waals surface area (Å²) in [4.78, 5) is 6.55. The summed E-state index contributed by atoms with van der Waals surface area (Å²) >= 11 is 0. The molecular formula is C15H27N3O. The highest BCUT2D eigenvalue weighted by atomic mass is 16.5. The first kappa shape index (κ1) is 15.9. The van der Waals surface area contributed by atoms with Crippen LogP contribution in [0.1, 0.15) is 39.3 Å². The van der Waals surface area contributed by atoms with Gasteiger partial charge in [0.25, 0.3) is 0 Å². The average Bonchev–Trinajstić information content (AvgIpc) is 2.38. The molecule has 19 heavy (non-hydrogen) atoms. The number of nitrogens with zero attached hydrogens (tertiary/aromatic N) is 2. The fourth-order valence-corrected chi connectivity index (χ4v) is 1.88. The highest BCUT2D eigenvalue weighted by molar-refractivity contribution is 5.40. The number of rotatable bonds is 8. The van der Waals surface area contributed by atoms with Crippen molar-refractivity contribution in [3.8, 4) is 0 Å². The van der Waals surface area contributed by atoms with Crippen molar-refractivity contribution >= 4 is 5.82 Å². The van der Waals surface area contributed by atoms with Gasteiger partial charge in [0.2, 0.25) is 0 Å². The van der Waals surface area contributed by atoms with Crippen molar-refractivity contribution in [1.29, 1.82) is 0 Å². The number of pyridine rings is 1. The molecule has 0 radical (unpaired) electrons. The monoisotopic (exact) mass is 265 g/mol. The lowest BCUT2D eigenvalue weighted by molar-refractivity contribution is 0.0845. The molecule has 0 spiro atoms. The Hall–Kier alpha value is -1.13. The molecule has 0 fully saturated rings. The minimum Gasteiger partial charge on any atom is -0.377 e. The molecule has 0 saturated carbocycles. The van der Waals surface area contributed by atoms with Gasteiger partial charge in [-0.3, -0.25) is 0 Å². The summed E-state index contributed by atoms with van der Waals surface area (Å²) in [6.07, 6.45) is 2.15. The van der Waals surface area contributed by atoms with Gasteiger partial charge in [0.15, 0.2) is 0 Å². The molecular weight excluding hydrogens is 238 g/mol. The number of aromatic nitrogens is 1. The zero-order valence-electron chi connectivity index (χ0n) is 12.8. The van der Waals surface area contributed by atoms with E-state index in [4.69, 9.17) is 4.74 Å². The number of ether oxygens (including phenoxy) is 1. The molecule has 1 N–H and O–H groups in total. The van der Waals surface area contributed by atoms with Gasteiger partial charge in [0, 0.05) is 25.8 Å². The number of likely N-dealkylation sites (N-methyl/N-ethyl adjacent to an activating group) is 1. The first-order chi connectivity index (χ1) is 9.04. The molecule has 1 aromatic rings. The molecule has 1 atom stereocenters. The Morgan fingerprint density at radius 3 is 2.74 bits per heavy atom. The van der Waals surface area contributed by atoms with E-state index in [0.29, 0.717) is 6.04 Å². The summed E-state index contributed by atoms with van der Waals surface area (Å²) in [5.41, 5.74) is 1.27. The van der Waals surface area contributed by atoms with E-state index in [2.05, 4.69) is 55.0 Å². The first-order valence-corrected chi connectivity index (χ1v) is 7.06. The van der Waals surface area contributed by atoms with Crippen molar-refractivity contribution in [3.05, 3.63) is 23.9 Å². The summed E-state index contributed by atoms with van der Waals surface area (Å²) in [5, 5.41) is 3.42. The molecule has 0 amide bonds. The van der Waals surface area contributed by atoms with Gasteiger partial charge in [-0.2, -0.15) is 0 Å². The average molecular weight is 265 g/mol. The van der Waals surface area contributed by atoms with Crippen LogP contribution in [0.25, 0.3) is 0 Å². The predicted molar refractivity (Wildman–Crippen MR) is 80.7 cm³/mol. The van der Waals surface area contributed by atoms with Crippen LogP contribution in [0.5, 0.6) is 0 Å². The van der Waals surface area contributed by atoms with E-state index in [1.807, 2.05) is 13.2 Å². The highest BCUT2D eigenvalue weighted by Crippen LogP contribution is 2.17. The van der Waals surface area contributed by atoms with Crippen LogP contribution >= 0.6 is 0 Å². The Morgan fingerprint density at radius 2 is 2.11 bits per heavy atom. The maximum absolute atomic E-state index is 5.57. The van der Waals surface area contributed by atoms with E-state index in [0.717, 1.165) is 25.5 Å². The van der Waals surface area contributed by atoms with Crippen molar-refractivity contribution in [1.82, 2.24) is 10.3 Å². The van der Waals surface area contributed by atoms with Gasteiger partial charge in [-0.1, -0.05) is 6.92 Å². The maximum atomic E-state index is 5.57. The Bertz CT molecular complexity index is 368. The summed E-state index contributed by atoms with van der Waals surface area (Å²) in [6, 6.07) is 4.56. The van der Waals surface area contributed by atoms with E-state index in [1.54, 1.807) is 0 Å². The van der Waals surface area contributed by atoms with Gasteiger partial charge < -0.3 is 15.0 Å². The van der Waals surface area contributed by atoms with Crippen LogP contribution in [0.4, 0.5) is 5.82 Å². The summed E-state index contributed by atoms with van der Waals surface area (Å²) in [6.45, 7) is 10.9. The lowest BCUT2D eigenvalue weighted by Gasteiger charge is -2.21. The fourth-order valence-electron chi connectivity index (χ4n) is 1.88. The second kappa shape index (κ2) is 8.12. The molecule has 1 rings (SSSR count). The normalized spacial score (nSPS) is 12.7. The van der Waals surface area contributed by atoms with E-state index < -0.39 is 0 Å². The maximum Gasteiger partial charge on any atom is 0.128 e. The number of hydrogen-bond donors (Lipinski definition) is 1. The lowest BCUT2D eigenvalue weighted by atomic mass is 10.1. The van der Waals surface area contributed by atoms with Crippen LogP contribution < -0.4 is 10.2 Å². The number of nitrogens with one attached hydrogen (secondary N) is 1. The number of hydrogen-bond acceptors (Lipinski definition) is 4. The molecule has 0 aromatic carbocycles. The van der Waals surface area contributed by atoms with Gasteiger partial charge in [-0.15, -0.1) is 0 Å². The van der Waals surface area contributed by atoms with Crippen LogP contribution in [-0.2, 0) is 4.74 Å². The molecule has 1 heterocycles. The molecule has 0 saturated heterocycles. The third-order valence-electron chi connectivity index (χ3n) is 3.05. The Morgan fingerprint density at radius 1 is 1.37 bits per heavy atom. The summed E-state index contributed by atoms with van der Waals surface area (Å²) in [5.74, 6) is 0.995. The van der Waals surface area contributed by atoms with Crippen LogP contribution in [0.3, 0.4) is 0 Å². The van der Waals surface area contributed by atoms with E-state index >= 15 is 0 Å². The second-order valence-electron chi connectivity index (χ2n) is 5.07. The van der Waals surface area contributed by atoms with E-state index in [-0.39, 0.29) is 6.10 Å². The first-order valence-electron chi connectivity index (χ1n) is 7.06. The summed E-state index contributed by atoms with van der Waals surface area (Å²) < 4.78 is 5.57. The van der Waals surface area contributed by atoms with E-state index in [1.165, 1.54) is 5.56 Å². The predicted octanol–water partition coefficient (Wildman–Crippen LogP) is 2.61. The van der Waals surface area contributed by atoms with Crippen molar-refractivity contribution in [3.63, 3.8) is 0 Å². The third kappa shape index (κ3) is 5.57. The van der Waals surface area contributed by atoms with E-state index in [9.17, 15) is 0 Å². The van der Waals surface area contributed by atoms with Gasteiger partial charge in [0.05, 0.1) is 12.7 Å². The van der Waals surface area contributed by atoms with Crippen LogP contribution in [0, 0.1) is 0 Å². The fraction of sp³-hybridized carbons (Fsp3) is 0.667. The molecule has 4 heteroatoms. The SMILES string of the molecule is CCNC(C)c1ccnc(N(C)CCOC(C)C)c1. The Labute approximate surface area is 117 Å². The van der Waals surface area contributed by atoms with Crippen molar-refractivity contribution in [2.45, 2.75) is 39.8 Å². The standard InChI is InChI=1S/C15H27N3O/c1-6-16-13(4)14-7-8-17-15(11-14)18(5)9-10-19-12(2)3/h7-8,11-13,16H,6,9-10H2,1-5H3. The molecule has 0 aliphatic carbocycles. The highest BCUT2D eigenvalue weighted by Gasteiger charge is 2.08. The quantitative estimate of drug-likeness (QED) is 0.784. The molecule has 1 unspecified atom stereocenters. The van der Waals surface area contributed by atoms with Gasteiger partial charge in [-0.25, -0.2) is 4.98 Å². The van der Waals surface area contributed by atoms with Gasteiger partial charge >= 0.3 is 0 Å². The van der Waals surface area contributed by atoms with Crippen LogP contribution in [-0.4, -0.2) is 37.8 Å². The molecule has 108 valence electrons. The molecule has 4 nitrogen and oxygen atoms in total. The van der Waals surface area contributed by atoms with Crippen molar-refractivity contribution < 1.29 is 4.74 Å².